The van der Waals surface area contributed by atoms with Crippen LogP contribution in [0.5, 0.6) is 5.75 Å². The van der Waals surface area contributed by atoms with E-state index in [1.54, 1.807) is 23.1 Å². The number of benzene rings is 3. The van der Waals surface area contributed by atoms with Gasteiger partial charge in [0.1, 0.15) is 5.75 Å². The number of ether oxygens (including phenoxy) is 1. The number of rotatable bonds is 13. The zero-order chi connectivity index (χ0) is 28.2. The standard InChI is InChI=1S/C30H36N4O5/c1-22-10-7-8-13-26(22)31-30(38)32-27-15-14-25(20-28(27)39-3)34(23(2)35)18-9-17-33(19-16-29(36)37)21-24-11-5-4-6-12-24/h4-8,10-15,20H,9,16-19,21H2,1-3H3,(H,36,37)(H2,31,32,38). The highest BCUT2D eigenvalue weighted by molar-refractivity contribution is 6.01. The van der Waals surface area contributed by atoms with Crippen LogP contribution in [0.25, 0.3) is 0 Å². The van der Waals surface area contributed by atoms with Gasteiger partial charge in [-0.25, -0.2) is 4.79 Å². The van der Waals surface area contributed by atoms with Crippen molar-refractivity contribution in [2.24, 2.45) is 0 Å². The number of hydrogen-bond acceptors (Lipinski definition) is 5. The fourth-order valence-electron chi connectivity index (χ4n) is 4.23. The van der Waals surface area contributed by atoms with Crippen LogP contribution in [0, 0.1) is 6.92 Å². The minimum absolute atomic E-state index is 0.0480. The molecule has 0 atom stereocenters. The molecule has 3 aromatic carbocycles. The van der Waals surface area contributed by atoms with Gasteiger partial charge in [0.25, 0.3) is 0 Å². The van der Waals surface area contributed by atoms with Gasteiger partial charge in [-0.3, -0.25) is 14.5 Å². The summed E-state index contributed by atoms with van der Waals surface area (Å²) in [6.07, 6.45) is 0.694. The number of carboxylic acids is 1. The van der Waals surface area contributed by atoms with Crippen molar-refractivity contribution in [1.82, 2.24) is 4.90 Å². The first-order chi connectivity index (χ1) is 18.8. The Balaban J connectivity index is 1.65. The van der Waals surface area contributed by atoms with Gasteiger partial charge in [0.05, 0.1) is 19.2 Å². The smallest absolute Gasteiger partial charge is 0.323 e. The van der Waals surface area contributed by atoms with E-state index in [-0.39, 0.29) is 12.3 Å². The van der Waals surface area contributed by atoms with Gasteiger partial charge in [-0.1, -0.05) is 48.5 Å². The van der Waals surface area contributed by atoms with Gasteiger partial charge >= 0.3 is 12.0 Å². The van der Waals surface area contributed by atoms with Gasteiger partial charge in [0.2, 0.25) is 5.91 Å². The molecule has 0 aromatic heterocycles. The van der Waals surface area contributed by atoms with Gasteiger partial charge in [-0.05, 0) is 42.7 Å². The van der Waals surface area contributed by atoms with Crippen molar-refractivity contribution < 1.29 is 24.2 Å². The molecule has 3 rings (SSSR count). The Labute approximate surface area is 229 Å². The first-order valence-electron chi connectivity index (χ1n) is 12.8. The summed E-state index contributed by atoms with van der Waals surface area (Å²) in [4.78, 5) is 40.0. The Hall–Kier alpha value is -4.37. The molecular weight excluding hydrogens is 496 g/mol. The molecule has 0 bridgehead atoms. The number of hydrogen-bond donors (Lipinski definition) is 3. The molecule has 0 radical (unpaired) electrons. The van der Waals surface area contributed by atoms with Gasteiger partial charge in [-0.2, -0.15) is 0 Å². The number of carboxylic acid groups (broad SMARTS) is 1. The maximum absolute atomic E-state index is 12.6. The third-order valence-corrected chi connectivity index (χ3v) is 6.27. The largest absolute Gasteiger partial charge is 0.494 e. The maximum atomic E-state index is 12.6. The summed E-state index contributed by atoms with van der Waals surface area (Å²) in [7, 11) is 1.51. The number of nitrogens with one attached hydrogen (secondary N) is 2. The average Bonchev–Trinajstić information content (AvgIpc) is 2.91. The second kappa shape index (κ2) is 14.5. The topological polar surface area (TPSA) is 111 Å². The molecule has 3 N–H and O–H groups in total. The Bertz CT molecular complexity index is 1270. The lowest BCUT2D eigenvalue weighted by Crippen LogP contribution is -2.33. The van der Waals surface area contributed by atoms with E-state index in [1.807, 2.05) is 61.5 Å². The van der Waals surface area contributed by atoms with E-state index in [2.05, 4.69) is 15.5 Å². The molecule has 0 aliphatic rings. The zero-order valence-electron chi connectivity index (χ0n) is 22.6. The molecule has 9 nitrogen and oxygen atoms in total. The van der Waals surface area contributed by atoms with Crippen LogP contribution in [0.3, 0.4) is 0 Å². The molecule has 3 amide bonds. The molecule has 0 fully saturated rings. The van der Waals surface area contributed by atoms with Crippen LogP contribution >= 0.6 is 0 Å². The molecule has 9 heteroatoms. The normalized spacial score (nSPS) is 10.7. The summed E-state index contributed by atoms with van der Waals surface area (Å²) < 4.78 is 5.51. The molecule has 0 aliphatic carbocycles. The van der Waals surface area contributed by atoms with Crippen molar-refractivity contribution in [3.63, 3.8) is 0 Å². The number of anilines is 3. The molecule has 0 saturated heterocycles. The molecular formula is C30H36N4O5. The number of aliphatic carboxylic acids is 1. The highest BCUT2D eigenvalue weighted by atomic mass is 16.5. The van der Waals surface area contributed by atoms with E-state index >= 15 is 0 Å². The summed E-state index contributed by atoms with van der Waals surface area (Å²) >= 11 is 0. The number of carbonyl (C=O) groups excluding carboxylic acids is 2. The van der Waals surface area contributed by atoms with Crippen molar-refractivity contribution in [2.75, 3.05) is 42.3 Å². The number of amides is 3. The number of methoxy groups -OCH3 is 1. The van der Waals surface area contributed by atoms with E-state index in [0.717, 1.165) is 11.1 Å². The quantitative estimate of drug-likeness (QED) is 0.273. The van der Waals surface area contributed by atoms with Gasteiger partial charge in [0.15, 0.2) is 0 Å². The van der Waals surface area contributed by atoms with E-state index in [4.69, 9.17) is 9.84 Å². The van der Waals surface area contributed by atoms with E-state index in [9.17, 15) is 14.4 Å². The minimum atomic E-state index is -0.841. The molecule has 39 heavy (non-hydrogen) atoms. The van der Waals surface area contributed by atoms with Crippen LogP contribution < -0.4 is 20.3 Å². The molecule has 0 aliphatic heterocycles. The van der Waals surface area contributed by atoms with E-state index in [0.29, 0.717) is 55.4 Å². The Morgan fingerprint density at radius 2 is 1.56 bits per heavy atom. The second-order valence-corrected chi connectivity index (χ2v) is 9.21. The number of nitrogens with zero attached hydrogens (tertiary/aromatic N) is 2. The predicted octanol–water partition coefficient (Wildman–Crippen LogP) is 5.37. The van der Waals surface area contributed by atoms with Gasteiger partial charge in [0, 0.05) is 50.5 Å². The van der Waals surface area contributed by atoms with Crippen LogP contribution in [0.1, 0.15) is 30.9 Å². The third-order valence-electron chi connectivity index (χ3n) is 6.27. The van der Waals surface area contributed by atoms with Crippen molar-refractivity contribution in [3.05, 3.63) is 83.9 Å². The van der Waals surface area contributed by atoms with Crippen LogP contribution in [0.2, 0.25) is 0 Å². The lowest BCUT2D eigenvalue weighted by atomic mass is 10.2. The molecule has 0 heterocycles. The summed E-state index contributed by atoms with van der Waals surface area (Å²) in [5.74, 6) is -0.548. The lowest BCUT2D eigenvalue weighted by molar-refractivity contribution is -0.137. The van der Waals surface area contributed by atoms with Crippen molar-refractivity contribution in [3.8, 4) is 5.75 Å². The number of carbonyl (C=O) groups is 3. The summed E-state index contributed by atoms with van der Waals surface area (Å²) in [5, 5.41) is 14.8. The molecule has 206 valence electrons. The summed E-state index contributed by atoms with van der Waals surface area (Å²) in [5.41, 5.74) is 3.86. The fourth-order valence-corrected chi connectivity index (χ4v) is 4.23. The minimum Gasteiger partial charge on any atom is -0.494 e. The highest BCUT2D eigenvalue weighted by Crippen LogP contribution is 2.30. The fraction of sp³-hybridized carbons (Fsp3) is 0.300. The molecule has 0 saturated carbocycles. The van der Waals surface area contributed by atoms with Crippen LogP contribution in [-0.2, 0) is 16.1 Å². The van der Waals surface area contributed by atoms with Crippen LogP contribution in [0.4, 0.5) is 21.9 Å². The summed E-state index contributed by atoms with van der Waals surface area (Å²) in [6.45, 7) is 5.53. The Morgan fingerprint density at radius 1 is 0.872 bits per heavy atom. The Kier molecular flexibility index (Phi) is 10.9. The summed E-state index contributed by atoms with van der Waals surface area (Å²) in [6, 6.07) is 22.2. The number of urea groups is 1. The van der Waals surface area contributed by atoms with Gasteiger partial charge in [-0.15, -0.1) is 0 Å². The van der Waals surface area contributed by atoms with E-state index in [1.165, 1.54) is 14.0 Å². The SMILES string of the molecule is COc1cc(N(CCCN(CCC(=O)O)Cc2ccccc2)C(C)=O)ccc1NC(=O)Nc1ccccc1C. The molecule has 3 aromatic rings. The molecule has 0 spiro atoms. The van der Waals surface area contributed by atoms with Crippen LogP contribution in [-0.4, -0.2) is 54.7 Å². The predicted molar refractivity (Wildman–Crippen MR) is 153 cm³/mol. The van der Waals surface area contributed by atoms with Crippen molar-refractivity contribution >= 4 is 35.0 Å². The number of aryl methyl sites for hydroxylation is 1. The maximum Gasteiger partial charge on any atom is 0.323 e. The third kappa shape index (κ3) is 9.15. The first-order valence-corrected chi connectivity index (χ1v) is 12.8. The highest BCUT2D eigenvalue weighted by Gasteiger charge is 2.17. The van der Waals surface area contributed by atoms with Crippen molar-refractivity contribution in [2.45, 2.75) is 33.2 Å². The average molecular weight is 533 g/mol. The monoisotopic (exact) mass is 532 g/mol. The van der Waals surface area contributed by atoms with Crippen LogP contribution in [0.15, 0.2) is 72.8 Å². The van der Waals surface area contributed by atoms with Crippen molar-refractivity contribution in [1.29, 1.82) is 0 Å². The molecule has 0 unspecified atom stereocenters. The number of para-hydroxylation sites is 1. The first kappa shape index (κ1) is 29.2. The zero-order valence-corrected chi connectivity index (χ0v) is 22.6. The second-order valence-electron chi connectivity index (χ2n) is 9.21. The van der Waals surface area contributed by atoms with Gasteiger partial charge < -0.3 is 25.4 Å². The Morgan fingerprint density at radius 3 is 2.23 bits per heavy atom. The lowest BCUT2D eigenvalue weighted by Gasteiger charge is -2.26. The van der Waals surface area contributed by atoms with E-state index < -0.39 is 12.0 Å².